The lowest BCUT2D eigenvalue weighted by Gasteiger charge is -2.35. The summed E-state index contributed by atoms with van der Waals surface area (Å²) < 4.78 is 5.12. The molecule has 20 heavy (non-hydrogen) atoms. The zero-order valence-electron chi connectivity index (χ0n) is 11.7. The highest BCUT2D eigenvalue weighted by Crippen LogP contribution is 2.30. The van der Waals surface area contributed by atoms with Crippen LogP contribution in [0.2, 0.25) is 0 Å². The zero-order valence-corrected chi connectivity index (χ0v) is 11.7. The van der Waals surface area contributed by atoms with Crippen LogP contribution in [0.25, 0.3) is 0 Å². The molecule has 1 aromatic rings. The number of carbonyl (C=O) groups is 1. The SMILES string of the molecule is COCCN1C(=O)[C@@H]2CC[C@H]1CN(c1ccncn1)C2. The van der Waals surface area contributed by atoms with E-state index in [2.05, 4.69) is 14.9 Å². The van der Waals surface area contributed by atoms with Gasteiger partial charge in [0.05, 0.1) is 12.5 Å². The van der Waals surface area contributed by atoms with Crippen molar-refractivity contribution in [3.63, 3.8) is 0 Å². The van der Waals surface area contributed by atoms with Gasteiger partial charge in [-0.05, 0) is 18.9 Å². The summed E-state index contributed by atoms with van der Waals surface area (Å²) in [6.07, 6.45) is 5.36. The minimum atomic E-state index is 0.0839. The van der Waals surface area contributed by atoms with Crippen LogP contribution in [-0.2, 0) is 9.53 Å². The first-order chi connectivity index (χ1) is 9.79. The smallest absolute Gasteiger partial charge is 0.227 e. The molecular weight excluding hydrogens is 256 g/mol. The average Bonchev–Trinajstić information content (AvgIpc) is 2.78. The maximum absolute atomic E-state index is 12.5. The van der Waals surface area contributed by atoms with Crippen molar-refractivity contribution < 1.29 is 9.53 Å². The molecule has 0 N–H and O–H groups in total. The van der Waals surface area contributed by atoms with E-state index in [0.717, 1.165) is 31.7 Å². The first-order valence-electron chi connectivity index (χ1n) is 7.10. The minimum Gasteiger partial charge on any atom is -0.383 e. The van der Waals surface area contributed by atoms with Crippen molar-refractivity contribution in [2.75, 3.05) is 38.3 Å². The Labute approximate surface area is 118 Å². The Hall–Kier alpha value is -1.69. The van der Waals surface area contributed by atoms with Gasteiger partial charge in [0.2, 0.25) is 5.91 Å². The van der Waals surface area contributed by atoms with Crippen LogP contribution >= 0.6 is 0 Å². The maximum Gasteiger partial charge on any atom is 0.227 e. The third-order valence-corrected chi connectivity index (χ3v) is 4.22. The Morgan fingerprint density at radius 2 is 2.30 bits per heavy atom. The molecule has 0 aliphatic carbocycles. The lowest BCUT2D eigenvalue weighted by atomic mass is 9.94. The van der Waals surface area contributed by atoms with E-state index in [0.29, 0.717) is 13.2 Å². The van der Waals surface area contributed by atoms with Crippen LogP contribution in [0.3, 0.4) is 0 Å². The number of ether oxygens (including phenoxy) is 1. The van der Waals surface area contributed by atoms with Crippen LogP contribution in [0.4, 0.5) is 5.82 Å². The largest absolute Gasteiger partial charge is 0.383 e. The summed E-state index contributed by atoms with van der Waals surface area (Å²) in [5, 5.41) is 0. The fourth-order valence-corrected chi connectivity index (χ4v) is 3.18. The van der Waals surface area contributed by atoms with Gasteiger partial charge in [-0.1, -0.05) is 0 Å². The molecule has 0 saturated carbocycles. The van der Waals surface area contributed by atoms with E-state index in [1.807, 2.05) is 11.0 Å². The lowest BCUT2D eigenvalue weighted by molar-refractivity contribution is -0.140. The minimum absolute atomic E-state index is 0.0839. The van der Waals surface area contributed by atoms with Crippen molar-refractivity contribution >= 4 is 11.7 Å². The second-order valence-electron chi connectivity index (χ2n) is 5.43. The summed E-state index contributed by atoms with van der Waals surface area (Å²) in [4.78, 5) is 25.0. The normalized spacial score (nSPS) is 25.9. The van der Waals surface area contributed by atoms with E-state index in [1.54, 1.807) is 19.6 Å². The Morgan fingerprint density at radius 3 is 3.05 bits per heavy atom. The number of carbonyl (C=O) groups excluding carboxylic acids is 1. The first-order valence-corrected chi connectivity index (χ1v) is 7.10. The molecule has 4 rings (SSSR count). The first kappa shape index (κ1) is 13.3. The highest BCUT2D eigenvalue weighted by Gasteiger charge is 2.40. The summed E-state index contributed by atoms with van der Waals surface area (Å²) in [5.74, 6) is 1.27. The molecule has 4 heterocycles. The molecule has 6 nitrogen and oxygen atoms in total. The Bertz CT molecular complexity index is 468. The fourth-order valence-electron chi connectivity index (χ4n) is 3.18. The zero-order chi connectivity index (χ0) is 13.9. The van der Waals surface area contributed by atoms with E-state index >= 15 is 0 Å². The van der Waals surface area contributed by atoms with Crippen molar-refractivity contribution in [3.8, 4) is 0 Å². The molecular formula is C14H20N4O2. The number of hydrogen-bond acceptors (Lipinski definition) is 5. The van der Waals surface area contributed by atoms with Crippen molar-refractivity contribution in [1.82, 2.24) is 14.9 Å². The number of nitrogens with zero attached hydrogens (tertiary/aromatic N) is 4. The molecule has 1 amide bonds. The van der Waals surface area contributed by atoms with Crippen molar-refractivity contribution in [3.05, 3.63) is 18.6 Å². The van der Waals surface area contributed by atoms with Gasteiger partial charge in [0, 0.05) is 39.0 Å². The Kier molecular flexibility index (Phi) is 3.82. The van der Waals surface area contributed by atoms with Crippen LogP contribution < -0.4 is 4.90 Å². The fraction of sp³-hybridized carbons (Fsp3) is 0.643. The second-order valence-corrected chi connectivity index (χ2v) is 5.43. The molecule has 0 aromatic carbocycles. The molecule has 2 bridgehead atoms. The van der Waals surface area contributed by atoms with Gasteiger partial charge in [0.15, 0.2) is 0 Å². The van der Waals surface area contributed by atoms with E-state index in [9.17, 15) is 4.79 Å². The van der Waals surface area contributed by atoms with Gasteiger partial charge in [0.25, 0.3) is 0 Å². The number of aromatic nitrogens is 2. The molecule has 0 radical (unpaired) electrons. The average molecular weight is 276 g/mol. The van der Waals surface area contributed by atoms with E-state index in [1.165, 1.54) is 0 Å². The standard InChI is InChI=1S/C14H20N4O2/c1-20-7-6-18-12-3-2-11(14(18)19)8-17(9-12)13-4-5-15-10-16-13/h4-5,10-12H,2-3,6-9H2,1H3/t11-,12+/m1/s1. The van der Waals surface area contributed by atoms with Crippen LogP contribution in [-0.4, -0.2) is 60.2 Å². The summed E-state index contributed by atoms with van der Waals surface area (Å²) in [5.41, 5.74) is 0. The molecule has 3 fully saturated rings. The summed E-state index contributed by atoms with van der Waals surface area (Å²) in [7, 11) is 1.67. The van der Waals surface area contributed by atoms with Gasteiger partial charge in [0.1, 0.15) is 12.1 Å². The molecule has 3 aliphatic heterocycles. The number of methoxy groups -OCH3 is 1. The van der Waals surface area contributed by atoms with Gasteiger partial charge in [-0.3, -0.25) is 4.79 Å². The van der Waals surface area contributed by atoms with E-state index in [4.69, 9.17) is 4.74 Å². The van der Waals surface area contributed by atoms with E-state index < -0.39 is 0 Å². The highest BCUT2D eigenvalue weighted by molar-refractivity contribution is 5.81. The van der Waals surface area contributed by atoms with Gasteiger partial charge in [-0.2, -0.15) is 0 Å². The third-order valence-electron chi connectivity index (χ3n) is 4.22. The van der Waals surface area contributed by atoms with Crippen molar-refractivity contribution in [2.24, 2.45) is 5.92 Å². The number of fused-ring (bicyclic) bond motifs is 4. The topological polar surface area (TPSA) is 58.6 Å². The monoisotopic (exact) mass is 276 g/mol. The molecule has 2 atom stereocenters. The molecule has 6 heteroatoms. The van der Waals surface area contributed by atoms with Crippen LogP contribution in [0.15, 0.2) is 18.6 Å². The molecule has 3 saturated heterocycles. The van der Waals surface area contributed by atoms with Crippen LogP contribution in [0, 0.1) is 5.92 Å². The van der Waals surface area contributed by atoms with E-state index in [-0.39, 0.29) is 17.9 Å². The second kappa shape index (κ2) is 5.75. The summed E-state index contributed by atoms with van der Waals surface area (Å²) in [6, 6.07) is 2.18. The molecule has 108 valence electrons. The third kappa shape index (κ3) is 2.47. The number of amides is 1. The predicted octanol–water partition coefficient (Wildman–Crippen LogP) is 0.550. The quantitative estimate of drug-likeness (QED) is 0.804. The van der Waals surface area contributed by atoms with Gasteiger partial charge in [-0.25, -0.2) is 9.97 Å². The highest BCUT2D eigenvalue weighted by atomic mass is 16.5. The Balaban J connectivity index is 1.79. The molecule has 1 aromatic heterocycles. The van der Waals surface area contributed by atoms with Crippen LogP contribution in [0.5, 0.6) is 0 Å². The number of rotatable bonds is 4. The lowest BCUT2D eigenvalue weighted by Crippen LogP contribution is -2.49. The number of hydrogen-bond donors (Lipinski definition) is 0. The van der Waals surface area contributed by atoms with Gasteiger partial charge < -0.3 is 14.5 Å². The number of anilines is 1. The van der Waals surface area contributed by atoms with Gasteiger partial charge in [-0.15, -0.1) is 0 Å². The van der Waals surface area contributed by atoms with Crippen molar-refractivity contribution in [2.45, 2.75) is 18.9 Å². The Morgan fingerprint density at radius 1 is 1.40 bits per heavy atom. The molecule has 3 aliphatic rings. The van der Waals surface area contributed by atoms with Crippen molar-refractivity contribution in [1.29, 1.82) is 0 Å². The molecule has 0 spiro atoms. The predicted molar refractivity (Wildman–Crippen MR) is 74.3 cm³/mol. The van der Waals surface area contributed by atoms with Crippen LogP contribution in [0.1, 0.15) is 12.8 Å². The number of piperidine rings is 1. The van der Waals surface area contributed by atoms with Gasteiger partial charge >= 0.3 is 0 Å². The summed E-state index contributed by atoms with van der Waals surface area (Å²) in [6.45, 7) is 2.90. The maximum atomic E-state index is 12.5. The molecule has 0 unspecified atom stereocenters. The summed E-state index contributed by atoms with van der Waals surface area (Å²) >= 11 is 0.